The Bertz CT molecular complexity index is 1800. The predicted molar refractivity (Wildman–Crippen MR) is 185 cm³/mol. The van der Waals surface area contributed by atoms with Gasteiger partial charge in [-0.05, 0) is 62.7 Å². The number of alkyl halides is 1. The molecule has 4 aromatic rings. The van der Waals surface area contributed by atoms with Gasteiger partial charge >= 0.3 is 13.7 Å². The van der Waals surface area contributed by atoms with Gasteiger partial charge in [-0.1, -0.05) is 55.5 Å². The highest BCUT2D eigenvalue weighted by atomic mass is 35.5. The van der Waals surface area contributed by atoms with Crippen LogP contribution in [-0.4, -0.2) is 69.8 Å². The summed E-state index contributed by atoms with van der Waals surface area (Å²) in [5.41, 5.74) is 0.428. The molecule has 6 atom stereocenters. The molecule has 262 valence electrons. The summed E-state index contributed by atoms with van der Waals surface area (Å²) in [5.74, 6) is -0.0388. The Morgan fingerprint density at radius 3 is 2.53 bits per heavy atom. The number of imidazole rings is 1. The average Bonchev–Trinajstić information content (AvgIpc) is 3.60. The number of benzene rings is 2. The van der Waals surface area contributed by atoms with Crippen molar-refractivity contribution in [2.24, 2.45) is 10.4 Å². The lowest BCUT2D eigenvalue weighted by Gasteiger charge is -2.31. The largest absolute Gasteiger partial charge is 0.462 e. The van der Waals surface area contributed by atoms with Crippen molar-refractivity contribution in [1.82, 2.24) is 24.6 Å². The average molecular weight is 716 g/mol. The van der Waals surface area contributed by atoms with Crippen molar-refractivity contribution in [3.8, 4) is 5.75 Å². The van der Waals surface area contributed by atoms with Gasteiger partial charge in [0.05, 0.1) is 25.1 Å². The number of aliphatic imine (C=N–C) groups is 1. The third-order valence-corrected chi connectivity index (χ3v) is 9.84. The summed E-state index contributed by atoms with van der Waals surface area (Å²) in [7, 11) is -2.68. The maximum Gasteiger partial charge on any atom is 0.459 e. The van der Waals surface area contributed by atoms with Crippen LogP contribution in [-0.2, 0) is 29.9 Å². The monoisotopic (exact) mass is 715 g/mol. The molecule has 0 bridgehead atoms. The van der Waals surface area contributed by atoms with Gasteiger partial charge in [0.15, 0.2) is 29.4 Å². The summed E-state index contributed by atoms with van der Waals surface area (Å²) in [6.45, 7) is 6.66. The fourth-order valence-corrected chi connectivity index (χ4v) is 7.00. The Morgan fingerprint density at radius 2 is 1.86 bits per heavy atom. The van der Waals surface area contributed by atoms with E-state index in [0.717, 1.165) is 5.56 Å². The summed E-state index contributed by atoms with van der Waals surface area (Å²) < 4.78 is 55.7. The van der Waals surface area contributed by atoms with Crippen molar-refractivity contribution in [3.05, 3.63) is 77.8 Å². The fraction of sp³-hybridized carbons (Fsp3) is 0.424. The number of esters is 1. The molecule has 2 N–H and O–H groups in total. The molecule has 1 aliphatic rings. The molecule has 1 saturated heterocycles. The van der Waals surface area contributed by atoms with Crippen LogP contribution in [0.15, 0.2) is 72.0 Å². The maximum absolute atomic E-state index is 16.7. The van der Waals surface area contributed by atoms with Crippen molar-refractivity contribution in [3.63, 3.8) is 0 Å². The number of hydrogen-bond donors (Lipinski definition) is 2. The molecule has 16 heteroatoms. The fourth-order valence-electron chi connectivity index (χ4n) is 5.35. The summed E-state index contributed by atoms with van der Waals surface area (Å²) >= 11 is 6.33. The lowest BCUT2D eigenvalue weighted by Crippen LogP contribution is -2.40. The van der Waals surface area contributed by atoms with Crippen LogP contribution in [0.3, 0.4) is 0 Å². The van der Waals surface area contributed by atoms with Gasteiger partial charge < -0.3 is 24.3 Å². The Balaban J connectivity index is 1.42. The van der Waals surface area contributed by atoms with Crippen molar-refractivity contribution >= 4 is 48.5 Å². The molecule has 0 aliphatic carbocycles. The minimum absolute atomic E-state index is 0.0610. The van der Waals surface area contributed by atoms with Gasteiger partial charge in [-0.25, -0.2) is 13.9 Å². The Kier molecular flexibility index (Phi) is 11.7. The molecule has 3 heterocycles. The van der Waals surface area contributed by atoms with E-state index in [1.807, 2.05) is 30.3 Å². The van der Waals surface area contributed by atoms with E-state index in [0.29, 0.717) is 17.9 Å². The number of anilines is 1. The zero-order chi connectivity index (χ0) is 35.2. The molecule has 49 heavy (non-hydrogen) atoms. The quantitative estimate of drug-likeness (QED) is 0.0596. The molecule has 13 nitrogen and oxygen atoms in total. The number of ether oxygens (including phenoxy) is 2. The van der Waals surface area contributed by atoms with Crippen LogP contribution >= 0.6 is 19.3 Å². The van der Waals surface area contributed by atoms with E-state index in [-0.39, 0.29) is 29.7 Å². The minimum atomic E-state index is -4.27. The number of carbonyl (C=O) groups excluding carboxylic acids is 1. The number of nitrogens with zero attached hydrogens (tertiary/aromatic N) is 5. The van der Waals surface area contributed by atoms with E-state index in [9.17, 15) is 9.36 Å². The molecule has 2 aromatic heterocycles. The number of hydrogen-bond acceptors (Lipinski definition) is 11. The Morgan fingerprint density at radius 1 is 1.16 bits per heavy atom. The molecule has 1 aliphatic heterocycles. The molecular weight excluding hydrogens is 676 g/mol. The summed E-state index contributed by atoms with van der Waals surface area (Å²) in [6.07, 6.45) is -1.04. The van der Waals surface area contributed by atoms with Crippen LogP contribution in [0.5, 0.6) is 5.75 Å². The van der Waals surface area contributed by atoms with E-state index in [2.05, 4.69) is 30.3 Å². The number of para-hydroxylation sites is 1. The first-order valence-electron chi connectivity index (χ1n) is 15.8. The first-order chi connectivity index (χ1) is 23.4. The number of nitrogens with one attached hydrogen (secondary N) is 2. The second kappa shape index (κ2) is 15.7. The lowest BCUT2D eigenvalue weighted by atomic mass is 9.78. The molecule has 0 saturated carbocycles. The van der Waals surface area contributed by atoms with Crippen LogP contribution < -0.4 is 14.9 Å². The lowest BCUT2D eigenvalue weighted by molar-refractivity contribution is -0.149. The molecule has 3 unspecified atom stereocenters. The second-order valence-corrected chi connectivity index (χ2v) is 14.1. The van der Waals surface area contributed by atoms with Crippen LogP contribution in [0.1, 0.15) is 45.9 Å². The number of aromatic nitrogens is 4. The van der Waals surface area contributed by atoms with Gasteiger partial charge in [-0.3, -0.25) is 13.9 Å². The van der Waals surface area contributed by atoms with Crippen LogP contribution in [0, 0.1) is 5.41 Å². The highest BCUT2D eigenvalue weighted by Crippen LogP contribution is 2.51. The van der Waals surface area contributed by atoms with Crippen molar-refractivity contribution < 1.29 is 32.3 Å². The van der Waals surface area contributed by atoms with Gasteiger partial charge in [-0.15, -0.1) is 0 Å². The topological polar surface area (TPSA) is 151 Å². The van der Waals surface area contributed by atoms with Crippen molar-refractivity contribution in [2.45, 2.75) is 71.3 Å². The molecule has 0 spiro atoms. The number of halogens is 2. The van der Waals surface area contributed by atoms with Gasteiger partial charge in [0.25, 0.3) is 0 Å². The minimum Gasteiger partial charge on any atom is -0.462 e. The first-order valence-corrected chi connectivity index (χ1v) is 17.7. The molecule has 0 amide bonds. The van der Waals surface area contributed by atoms with Crippen molar-refractivity contribution in [2.75, 3.05) is 19.0 Å². The molecule has 5 rings (SSSR count). The van der Waals surface area contributed by atoms with E-state index in [1.54, 1.807) is 64.4 Å². The number of carbonyl (C=O) groups is 1. The highest BCUT2D eigenvalue weighted by Gasteiger charge is 2.55. The third kappa shape index (κ3) is 8.63. The first kappa shape index (κ1) is 36.3. The summed E-state index contributed by atoms with van der Waals surface area (Å²) in [4.78, 5) is 29.8. The van der Waals surface area contributed by atoms with Crippen LogP contribution in [0.2, 0.25) is 5.28 Å². The normalized spacial score (nSPS) is 22.7. The smallest absolute Gasteiger partial charge is 0.459 e. The SMILES string of the molecule is CN=CCC1(C)C(F)[C@H](n2cnc3c(NCc4ccccc4)nc(Cl)nc32)O[C@@H]1COP(=O)(N[C@@H](C)C(=O)OC(C)C)Oc1ccccc1. The summed E-state index contributed by atoms with van der Waals surface area (Å²) in [5, 5.41) is 5.83. The predicted octanol–water partition coefficient (Wildman–Crippen LogP) is 6.56. The Hall–Kier alpha value is -3.94. The van der Waals surface area contributed by atoms with Gasteiger partial charge in [0.2, 0.25) is 5.28 Å². The highest BCUT2D eigenvalue weighted by molar-refractivity contribution is 7.52. The van der Waals surface area contributed by atoms with Gasteiger partial charge in [-0.2, -0.15) is 15.1 Å². The van der Waals surface area contributed by atoms with Gasteiger partial charge in [0, 0.05) is 19.0 Å². The van der Waals surface area contributed by atoms with E-state index < -0.39 is 49.8 Å². The zero-order valence-corrected chi connectivity index (χ0v) is 29.5. The van der Waals surface area contributed by atoms with Crippen molar-refractivity contribution in [1.29, 1.82) is 0 Å². The van der Waals surface area contributed by atoms with E-state index >= 15 is 4.39 Å². The summed E-state index contributed by atoms with van der Waals surface area (Å²) in [6, 6.07) is 17.0. The van der Waals surface area contributed by atoms with E-state index in [1.165, 1.54) is 17.8 Å². The molecule has 1 fully saturated rings. The second-order valence-electron chi connectivity index (χ2n) is 12.1. The van der Waals surface area contributed by atoms with E-state index in [4.69, 9.17) is 30.1 Å². The van der Waals surface area contributed by atoms with Crippen LogP contribution in [0.4, 0.5) is 10.2 Å². The molecule has 0 radical (unpaired) electrons. The van der Waals surface area contributed by atoms with Gasteiger partial charge in [0.1, 0.15) is 11.8 Å². The molecule has 2 aromatic carbocycles. The zero-order valence-electron chi connectivity index (χ0n) is 27.8. The number of rotatable bonds is 15. The maximum atomic E-state index is 16.7. The number of fused-ring (bicyclic) bond motifs is 1. The Labute approximate surface area is 289 Å². The third-order valence-electron chi connectivity index (χ3n) is 8.03. The van der Waals surface area contributed by atoms with Crippen LogP contribution in [0.25, 0.3) is 11.2 Å². The molecular formula is C33H40ClFN7O6P. The standard InChI is InChI=1S/C33H40ClFN7O6P/c1-21(2)46-31(43)22(3)41-49(44,48-24-14-10-7-11-15-24)45-19-25-33(4,16-17-36-5)27(35)30(47-25)42-20-38-26-28(39-32(34)40-29(26)42)37-18-23-12-8-6-9-13-23/h6-15,17,20-22,25,27,30H,16,18-19H2,1-5H3,(H,41,44)(H,37,39,40)/t22-,25+,27?,30+,33?,49?/m0/s1.